The zero-order chi connectivity index (χ0) is 87.9. The van der Waals surface area contributed by atoms with E-state index in [1.54, 1.807) is 24.3 Å². The molecule has 6 aliphatic rings. The van der Waals surface area contributed by atoms with Crippen molar-refractivity contribution < 1.29 is 23.9 Å². The molecule has 8 aromatic carbocycles. The van der Waals surface area contributed by atoms with Crippen molar-refractivity contribution in [1.82, 2.24) is 18.3 Å². The van der Waals surface area contributed by atoms with Crippen LogP contribution in [0, 0.1) is 5.92 Å². The first kappa shape index (κ1) is 89.0. The summed E-state index contributed by atoms with van der Waals surface area (Å²) >= 11 is 0. The van der Waals surface area contributed by atoms with E-state index in [-0.39, 0.29) is 45.4 Å². The van der Waals surface area contributed by atoms with Crippen molar-refractivity contribution in [2.75, 3.05) is 54.1 Å². The molecule has 0 saturated heterocycles. The van der Waals surface area contributed by atoms with Crippen molar-refractivity contribution in [2.45, 2.75) is 241 Å². The van der Waals surface area contributed by atoms with Crippen molar-refractivity contribution >= 4 is 89.5 Å². The highest BCUT2D eigenvalue weighted by molar-refractivity contribution is 6.31. The number of hydrogen-bond acceptors (Lipinski definition) is 13. The molecule has 126 heavy (non-hydrogen) atoms. The Morgan fingerprint density at radius 3 is 1.06 bits per heavy atom. The molecule has 0 aliphatic heterocycles. The molecule has 1 atom stereocenters. The number of pyridine rings is 4. The summed E-state index contributed by atoms with van der Waals surface area (Å²) in [5.41, 5.74) is 20.9. The van der Waals surface area contributed by atoms with Gasteiger partial charge in [0.15, 0.2) is 23.1 Å². The molecule has 17 nitrogen and oxygen atoms in total. The lowest BCUT2D eigenvalue weighted by Crippen LogP contribution is -2.26. The molecule has 1 saturated carbocycles. The van der Waals surface area contributed by atoms with Crippen LogP contribution in [-0.4, -0.2) is 80.3 Å². The average Bonchev–Trinajstić information content (AvgIpc) is 0.738. The Hall–Kier alpha value is -11.8. The van der Waals surface area contributed by atoms with Gasteiger partial charge in [-0.3, -0.25) is 38.4 Å². The summed E-state index contributed by atoms with van der Waals surface area (Å²) in [7, 11) is 0. The normalized spacial score (nSPS) is 14.1. The van der Waals surface area contributed by atoms with Crippen LogP contribution in [-0.2, 0) is 30.9 Å². The minimum Gasteiger partial charge on any atom is -0.384 e. The predicted octanol–water partition coefficient (Wildman–Crippen LogP) is 24.3. The molecule has 0 bridgehead atoms. The van der Waals surface area contributed by atoms with Crippen LogP contribution >= 0.6 is 0 Å². The number of unbranched alkanes of at least 4 members (excludes halogenated alkanes) is 6. The summed E-state index contributed by atoms with van der Waals surface area (Å²) in [6, 6.07) is 53.9. The maximum Gasteiger partial charge on any atom is 0.251 e. The Labute approximate surface area is 740 Å². The third kappa shape index (κ3) is 18.4. The second kappa shape index (κ2) is 41.5. The van der Waals surface area contributed by atoms with Gasteiger partial charge >= 0.3 is 0 Å². The Morgan fingerprint density at radius 1 is 0.349 bits per heavy atom. The van der Waals surface area contributed by atoms with E-state index in [2.05, 4.69) is 75.8 Å². The number of fused-ring (bicyclic) bond motifs is 8. The lowest BCUT2D eigenvalue weighted by atomic mass is 9.83. The van der Waals surface area contributed by atoms with Crippen molar-refractivity contribution in [3.8, 4) is 44.5 Å². The Bertz CT molecular complexity index is 6370. The zero-order valence-electron chi connectivity index (χ0n) is 74.9. The number of anilines is 4. The van der Waals surface area contributed by atoms with E-state index in [4.69, 9.17) is 4.74 Å². The molecule has 12 aromatic rings. The van der Waals surface area contributed by atoms with Gasteiger partial charge in [-0.25, -0.2) is 0 Å². The van der Waals surface area contributed by atoms with Crippen molar-refractivity contribution in [2.24, 2.45) is 5.92 Å². The number of rotatable bonds is 33. The highest BCUT2D eigenvalue weighted by Crippen LogP contribution is 2.47. The van der Waals surface area contributed by atoms with Gasteiger partial charge in [-0.2, -0.15) is 0 Å². The first-order chi connectivity index (χ1) is 61.6. The van der Waals surface area contributed by atoms with Crippen LogP contribution in [0.5, 0.6) is 0 Å². The van der Waals surface area contributed by atoms with Gasteiger partial charge in [0, 0.05) is 156 Å². The topological polar surface area (TPSA) is 214 Å². The summed E-state index contributed by atoms with van der Waals surface area (Å²) in [6.45, 7) is 21.7. The van der Waals surface area contributed by atoms with Crippen LogP contribution in [0.2, 0.25) is 0 Å². The number of nitrogens with zero attached hydrogens (tertiary/aromatic N) is 4. The number of hydrogen-bond donors (Lipinski definition) is 4. The maximum atomic E-state index is 13.7. The largest absolute Gasteiger partial charge is 0.384 e. The van der Waals surface area contributed by atoms with Crippen LogP contribution in [0.25, 0.3) is 88.1 Å². The van der Waals surface area contributed by atoms with E-state index in [1.165, 1.54) is 69.8 Å². The van der Waals surface area contributed by atoms with Gasteiger partial charge < -0.3 is 44.3 Å². The minimum atomic E-state index is -0.0130. The molecule has 17 heteroatoms. The van der Waals surface area contributed by atoms with Crippen LogP contribution in [0.4, 0.5) is 22.7 Å². The predicted molar refractivity (Wildman–Crippen MR) is 519 cm³/mol. The molecule has 0 radical (unpaired) electrons. The molecule has 1 unspecified atom stereocenters. The molecule has 0 amide bonds. The van der Waals surface area contributed by atoms with Gasteiger partial charge in [0.05, 0.1) is 44.3 Å². The fraction of sp³-hybridized carbons (Fsp3) is 0.394. The van der Waals surface area contributed by atoms with Crippen molar-refractivity contribution in [1.29, 1.82) is 0 Å². The molecule has 1 fully saturated rings. The van der Waals surface area contributed by atoms with Gasteiger partial charge in [0.25, 0.3) is 22.2 Å². The molecule has 4 heterocycles. The van der Waals surface area contributed by atoms with Crippen LogP contribution < -0.4 is 43.5 Å². The molecular formula is C109H124N8O9. The highest BCUT2D eigenvalue weighted by Gasteiger charge is 2.35. The number of carbonyl (C=O) groups excluding carboxylic acids is 4. The molecule has 4 N–H and O–H groups in total. The summed E-state index contributed by atoms with van der Waals surface area (Å²) in [6.07, 6.45) is 30.0. The van der Waals surface area contributed by atoms with Gasteiger partial charge in [-0.1, -0.05) is 228 Å². The number of aromatic nitrogens is 4. The summed E-state index contributed by atoms with van der Waals surface area (Å²) in [4.78, 5) is 107. The number of nitrogens with one attached hydrogen (secondary N) is 4. The SMILES string of the molecule is CCCCC(CC)CNc1ccc2c3c(cc(=O)n2CCCC)-c2ccccc2C(=O)c13.CCCCOCCCNc1ccc2c3c(cc(=O)n2CCCC)-c2ccccc2C(=O)c13.CCCCn1c(=O)cc2c3c(c(NC4CCCCC4)ccc31)C(=O)c1ccccc1-2.CCCCn1c(=O)cc2c3c(c(NCCC4=CCCCC4)ccc31)C(=O)c1ccccc1-2. The fourth-order valence-corrected chi connectivity index (χ4v) is 19.6. The number of allylic oxidation sites excluding steroid dienone is 1. The fourth-order valence-electron chi connectivity index (χ4n) is 19.6. The van der Waals surface area contributed by atoms with E-state index in [9.17, 15) is 38.4 Å². The summed E-state index contributed by atoms with van der Waals surface area (Å²) in [5.74, 6) is 0.743. The average molecular weight is 1690 g/mol. The van der Waals surface area contributed by atoms with Crippen molar-refractivity contribution in [3.63, 3.8) is 0 Å². The molecule has 6 aliphatic carbocycles. The molecule has 18 rings (SSSR count). The monoisotopic (exact) mass is 1690 g/mol. The Morgan fingerprint density at radius 2 is 0.698 bits per heavy atom. The quantitative estimate of drug-likeness (QED) is 0.0223. The second-order valence-electron chi connectivity index (χ2n) is 34.9. The van der Waals surface area contributed by atoms with Gasteiger partial charge in [0.2, 0.25) is 0 Å². The minimum absolute atomic E-state index is 0.000923. The van der Waals surface area contributed by atoms with Crippen LogP contribution in [0.3, 0.4) is 0 Å². The number of ketones is 4. The third-order valence-electron chi connectivity index (χ3n) is 26.5. The van der Waals surface area contributed by atoms with Crippen molar-refractivity contribution in [3.05, 3.63) is 267 Å². The van der Waals surface area contributed by atoms with Crippen LogP contribution in [0.15, 0.2) is 201 Å². The van der Waals surface area contributed by atoms with E-state index >= 15 is 0 Å². The highest BCUT2D eigenvalue weighted by atomic mass is 16.5. The summed E-state index contributed by atoms with van der Waals surface area (Å²) in [5, 5.41) is 17.9. The second-order valence-corrected chi connectivity index (χ2v) is 34.9. The molecule has 4 aromatic heterocycles. The Balaban J connectivity index is 0.000000130. The molecule has 654 valence electrons. The molecule has 0 spiro atoms. The first-order valence-electron chi connectivity index (χ1n) is 47.3. The van der Waals surface area contributed by atoms with Gasteiger partial charge in [-0.15, -0.1) is 0 Å². The lowest BCUT2D eigenvalue weighted by molar-refractivity contribution is 0.103. The van der Waals surface area contributed by atoms with E-state index in [1.807, 2.05) is 164 Å². The molecular weight excluding hydrogens is 1570 g/mol. The third-order valence-corrected chi connectivity index (χ3v) is 26.5. The van der Waals surface area contributed by atoms with E-state index < -0.39 is 0 Å². The van der Waals surface area contributed by atoms with Gasteiger partial charge in [-0.05, 0) is 189 Å². The summed E-state index contributed by atoms with van der Waals surface area (Å²) < 4.78 is 13.0. The van der Waals surface area contributed by atoms with E-state index in [0.29, 0.717) is 83.7 Å². The van der Waals surface area contributed by atoms with Gasteiger partial charge in [0.1, 0.15) is 0 Å². The maximum absolute atomic E-state index is 13.7. The Kier molecular flexibility index (Phi) is 29.3. The first-order valence-corrected chi connectivity index (χ1v) is 47.3. The number of benzene rings is 8. The smallest absolute Gasteiger partial charge is 0.251 e. The number of aryl methyl sites for hydroxylation is 4. The van der Waals surface area contributed by atoms with E-state index in [0.717, 1.165) is 239 Å². The number of ether oxygens (including phenoxy) is 1. The lowest BCUT2D eigenvalue weighted by Gasteiger charge is -2.28. The standard InChI is InChI=1S/C28H30N2O2.C28H34N2O2.C27H32N2O3.C26H28N2O2/c1-2-3-17-30-24-14-13-23(29-16-15-19-9-5-4-6-10-19)27-26(24)22(18-25(30)31)20-11-7-8-12-21(20)28(27)32;1-4-7-11-19(6-3)18-29-23-14-15-24-26-22(17-25(31)30(24)16-8-5-2)20-12-9-10-13-21(20)28(32)27(23)26;1-3-5-15-29-23-13-12-22(28-14-9-17-32-16-6-4-2)26-25(23)21(18-24(29)30)19-10-7-8-11-20(19)27(26)31;1-2-3-15-28-22-14-13-21(27-17-9-5-4-6-10-17)25-24(22)20(16-23(28)29)18-11-7-8-12-19(18)26(25)30/h7-9,11-14,18,29H,2-6,10,15-17H2,1H3;9-10,12-15,17,19,29H,4-8,11,16,18H2,1-3H3;7-8,10-13,18,28H,3-6,9,14-17H2,1-2H3;7-8,11-14,16-17,27H,2-6,9-10,15H2,1H3. The van der Waals surface area contributed by atoms with Crippen LogP contribution in [0.1, 0.15) is 273 Å². The zero-order valence-corrected chi connectivity index (χ0v) is 74.9. The number of carbonyl (C=O) groups is 4.